The van der Waals surface area contributed by atoms with Crippen molar-refractivity contribution in [3.05, 3.63) is 53.8 Å². The van der Waals surface area contributed by atoms with Gasteiger partial charge < -0.3 is 5.73 Å². The summed E-state index contributed by atoms with van der Waals surface area (Å²) in [6.07, 6.45) is 0. The van der Waals surface area contributed by atoms with E-state index >= 15 is 0 Å². The number of benzene rings is 2. The van der Waals surface area contributed by atoms with Crippen molar-refractivity contribution in [3.8, 4) is 11.1 Å². The molecular formula is C12H9ClF3N. The third-order valence-corrected chi connectivity index (χ3v) is 2.26. The molecule has 0 unspecified atom stereocenters. The third-order valence-electron chi connectivity index (χ3n) is 2.26. The summed E-state index contributed by atoms with van der Waals surface area (Å²) in [7, 11) is 0. The molecule has 0 heterocycles. The van der Waals surface area contributed by atoms with Crippen LogP contribution in [0, 0.1) is 17.5 Å². The maximum absolute atomic E-state index is 13.0. The molecule has 2 rings (SSSR count). The van der Waals surface area contributed by atoms with E-state index in [1.54, 1.807) is 24.3 Å². The van der Waals surface area contributed by atoms with Gasteiger partial charge in [0, 0.05) is 11.3 Å². The molecule has 0 aromatic heterocycles. The lowest BCUT2D eigenvalue weighted by atomic mass is 10.0. The average Bonchev–Trinajstić information content (AvgIpc) is 2.26. The molecule has 0 saturated heterocycles. The van der Waals surface area contributed by atoms with Gasteiger partial charge in [0.1, 0.15) is 0 Å². The molecule has 2 aromatic rings. The summed E-state index contributed by atoms with van der Waals surface area (Å²) in [6.45, 7) is 0. The second-order valence-electron chi connectivity index (χ2n) is 3.34. The third kappa shape index (κ3) is 2.53. The van der Waals surface area contributed by atoms with Gasteiger partial charge in [-0.2, -0.15) is 0 Å². The number of halogens is 4. The first kappa shape index (κ1) is 13.4. The van der Waals surface area contributed by atoms with Crippen LogP contribution in [0.1, 0.15) is 0 Å². The van der Waals surface area contributed by atoms with Gasteiger partial charge in [-0.15, -0.1) is 12.4 Å². The van der Waals surface area contributed by atoms with E-state index in [9.17, 15) is 13.2 Å². The minimum Gasteiger partial charge on any atom is -0.398 e. The zero-order valence-electron chi connectivity index (χ0n) is 8.58. The van der Waals surface area contributed by atoms with Crippen molar-refractivity contribution >= 4 is 18.1 Å². The molecule has 0 radical (unpaired) electrons. The summed E-state index contributed by atoms with van der Waals surface area (Å²) in [6, 6.07) is 8.45. The van der Waals surface area contributed by atoms with Gasteiger partial charge in [0.05, 0.1) is 0 Å². The first-order valence-electron chi connectivity index (χ1n) is 4.59. The highest BCUT2D eigenvalue weighted by molar-refractivity contribution is 5.85. The summed E-state index contributed by atoms with van der Waals surface area (Å²) < 4.78 is 38.7. The van der Waals surface area contributed by atoms with E-state index in [4.69, 9.17) is 5.73 Å². The molecule has 90 valence electrons. The maximum atomic E-state index is 13.0. The maximum Gasteiger partial charge on any atom is 0.194 e. The van der Waals surface area contributed by atoms with Crippen molar-refractivity contribution in [3.63, 3.8) is 0 Å². The van der Waals surface area contributed by atoms with E-state index in [0.29, 0.717) is 11.3 Å². The second-order valence-corrected chi connectivity index (χ2v) is 3.34. The normalized spacial score (nSPS) is 9.82. The van der Waals surface area contributed by atoms with E-state index in [1.807, 2.05) is 0 Å². The van der Waals surface area contributed by atoms with Crippen molar-refractivity contribution in [2.75, 3.05) is 5.73 Å². The van der Waals surface area contributed by atoms with Crippen LogP contribution in [0.15, 0.2) is 36.4 Å². The van der Waals surface area contributed by atoms with Crippen molar-refractivity contribution in [1.82, 2.24) is 0 Å². The highest BCUT2D eigenvalue weighted by Crippen LogP contribution is 2.27. The Morgan fingerprint density at radius 1 is 0.882 bits per heavy atom. The van der Waals surface area contributed by atoms with Gasteiger partial charge in [-0.05, 0) is 23.8 Å². The highest BCUT2D eigenvalue weighted by Gasteiger charge is 2.12. The molecule has 0 amide bonds. The molecule has 0 aliphatic heterocycles. The summed E-state index contributed by atoms with van der Waals surface area (Å²) in [5.41, 5.74) is 6.72. The first-order valence-corrected chi connectivity index (χ1v) is 4.59. The molecule has 0 aliphatic carbocycles. The number of hydrogen-bond donors (Lipinski definition) is 1. The molecule has 0 bridgehead atoms. The fourth-order valence-electron chi connectivity index (χ4n) is 1.47. The standard InChI is InChI=1S/C12H8F3N.ClH/c13-9-5-7(6-10(14)12(9)15)8-3-1-2-4-11(8)16;/h1-6H,16H2;1H. The first-order chi connectivity index (χ1) is 7.59. The molecule has 0 fully saturated rings. The van der Waals surface area contributed by atoms with Crippen molar-refractivity contribution in [1.29, 1.82) is 0 Å². The van der Waals surface area contributed by atoms with Crippen LogP contribution < -0.4 is 5.73 Å². The molecule has 17 heavy (non-hydrogen) atoms. The predicted octanol–water partition coefficient (Wildman–Crippen LogP) is 3.77. The number of para-hydroxylation sites is 1. The number of hydrogen-bond acceptors (Lipinski definition) is 1. The molecule has 0 aliphatic rings. The molecule has 0 spiro atoms. The Labute approximate surface area is 102 Å². The number of nitrogens with two attached hydrogens (primary N) is 1. The van der Waals surface area contributed by atoms with Gasteiger partial charge in [0.25, 0.3) is 0 Å². The number of anilines is 1. The van der Waals surface area contributed by atoms with Crippen LogP contribution in [-0.4, -0.2) is 0 Å². The Hall–Kier alpha value is -1.68. The van der Waals surface area contributed by atoms with E-state index < -0.39 is 17.5 Å². The van der Waals surface area contributed by atoms with E-state index in [-0.39, 0.29) is 18.0 Å². The molecule has 5 heteroatoms. The lowest BCUT2D eigenvalue weighted by Gasteiger charge is -2.06. The Balaban J connectivity index is 0.00000144. The Bertz CT molecular complexity index is 520. The van der Waals surface area contributed by atoms with E-state index in [1.165, 1.54) is 0 Å². The smallest absolute Gasteiger partial charge is 0.194 e. The van der Waals surface area contributed by atoms with Gasteiger partial charge in [0.15, 0.2) is 17.5 Å². The molecular weight excluding hydrogens is 251 g/mol. The van der Waals surface area contributed by atoms with Crippen molar-refractivity contribution in [2.24, 2.45) is 0 Å². The summed E-state index contributed by atoms with van der Waals surface area (Å²) in [5, 5.41) is 0. The van der Waals surface area contributed by atoms with Crippen molar-refractivity contribution in [2.45, 2.75) is 0 Å². The quantitative estimate of drug-likeness (QED) is 0.612. The number of rotatable bonds is 1. The molecule has 2 N–H and O–H groups in total. The van der Waals surface area contributed by atoms with Gasteiger partial charge in [-0.25, -0.2) is 13.2 Å². The lowest BCUT2D eigenvalue weighted by molar-refractivity contribution is 0.448. The SMILES string of the molecule is Cl.Nc1ccccc1-c1cc(F)c(F)c(F)c1. The fraction of sp³-hybridized carbons (Fsp3) is 0. The minimum absolute atomic E-state index is 0. The van der Waals surface area contributed by atoms with Crippen molar-refractivity contribution < 1.29 is 13.2 Å². The lowest BCUT2D eigenvalue weighted by Crippen LogP contribution is -1.94. The van der Waals surface area contributed by atoms with E-state index in [2.05, 4.69) is 0 Å². The summed E-state index contributed by atoms with van der Waals surface area (Å²) in [5.74, 6) is -3.92. The predicted molar refractivity (Wildman–Crippen MR) is 63.4 cm³/mol. The Morgan fingerprint density at radius 3 is 1.94 bits per heavy atom. The molecule has 0 atom stereocenters. The van der Waals surface area contributed by atoms with Crippen LogP contribution in [0.2, 0.25) is 0 Å². The van der Waals surface area contributed by atoms with Crippen LogP contribution >= 0.6 is 12.4 Å². The van der Waals surface area contributed by atoms with Crippen LogP contribution in [0.5, 0.6) is 0 Å². The van der Waals surface area contributed by atoms with Crippen LogP contribution in [-0.2, 0) is 0 Å². The van der Waals surface area contributed by atoms with E-state index in [0.717, 1.165) is 12.1 Å². The zero-order valence-corrected chi connectivity index (χ0v) is 9.40. The topological polar surface area (TPSA) is 26.0 Å². The van der Waals surface area contributed by atoms with Crippen LogP contribution in [0.3, 0.4) is 0 Å². The fourth-order valence-corrected chi connectivity index (χ4v) is 1.47. The van der Waals surface area contributed by atoms with Gasteiger partial charge in [-0.1, -0.05) is 18.2 Å². The highest BCUT2D eigenvalue weighted by atomic mass is 35.5. The van der Waals surface area contributed by atoms with Crippen LogP contribution in [0.25, 0.3) is 11.1 Å². The molecule has 0 saturated carbocycles. The zero-order chi connectivity index (χ0) is 11.7. The second kappa shape index (κ2) is 5.10. The summed E-state index contributed by atoms with van der Waals surface area (Å²) in [4.78, 5) is 0. The largest absolute Gasteiger partial charge is 0.398 e. The minimum atomic E-state index is -1.47. The van der Waals surface area contributed by atoms with Gasteiger partial charge in [0.2, 0.25) is 0 Å². The monoisotopic (exact) mass is 259 g/mol. The molecule has 1 nitrogen and oxygen atoms in total. The summed E-state index contributed by atoms with van der Waals surface area (Å²) >= 11 is 0. The van der Waals surface area contributed by atoms with Gasteiger partial charge >= 0.3 is 0 Å². The average molecular weight is 260 g/mol. The van der Waals surface area contributed by atoms with Gasteiger partial charge in [-0.3, -0.25) is 0 Å². The Kier molecular flexibility index (Phi) is 4.02. The van der Waals surface area contributed by atoms with Crippen LogP contribution in [0.4, 0.5) is 18.9 Å². The molecule has 2 aromatic carbocycles. The number of nitrogen functional groups attached to an aromatic ring is 1. The Morgan fingerprint density at radius 2 is 1.41 bits per heavy atom.